The third-order valence-electron chi connectivity index (χ3n) is 4.98. The second kappa shape index (κ2) is 8.91. The SMILES string of the molecule is CCN(C)C(=O)Oc1ccc(-c2cc(N(C)c3ccc(C)cc3F)ccc2O)nc1N. The van der Waals surface area contributed by atoms with Crippen molar-refractivity contribution in [3.63, 3.8) is 0 Å². The van der Waals surface area contributed by atoms with Gasteiger partial charge in [-0.1, -0.05) is 6.07 Å². The summed E-state index contributed by atoms with van der Waals surface area (Å²) < 4.78 is 19.7. The minimum atomic E-state index is -0.546. The van der Waals surface area contributed by atoms with Crippen molar-refractivity contribution in [1.82, 2.24) is 9.88 Å². The molecule has 2 aromatic carbocycles. The lowest BCUT2D eigenvalue weighted by Gasteiger charge is -2.21. The highest BCUT2D eigenvalue weighted by Gasteiger charge is 2.16. The van der Waals surface area contributed by atoms with Crippen molar-refractivity contribution in [3.8, 4) is 22.8 Å². The summed E-state index contributed by atoms with van der Waals surface area (Å²) in [7, 11) is 3.34. The van der Waals surface area contributed by atoms with Crippen molar-refractivity contribution in [2.75, 3.05) is 31.3 Å². The van der Waals surface area contributed by atoms with Crippen LogP contribution in [0.25, 0.3) is 11.3 Å². The fourth-order valence-corrected chi connectivity index (χ4v) is 2.96. The predicted octanol–water partition coefficient (Wildman–Crippen LogP) is 4.70. The van der Waals surface area contributed by atoms with Crippen molar-refractivity contribution < 1.29 is 19.0 Å². The number of aromatic hydroxyl groups is 1. The summed E-state index contributed by atoms with van der Waals surface area (Å²) in [5.74, 6) is -0.215. The zero-order valence-corrected chi connectivity index (χ0v) is 17.9. The van der Waals surface area contributed by atoms with Crippen LogP contribution in [0.5, 0.6) is 11.5 Å². The van der Waals surface area contributed by atoms with Crippen molar-refractivity contribution >= 4 is 23.3 Å². The molecule has 31 heavy (non-hydrogen) atoms. The molecular weight excluding hydrogens is 399 g/mol. The maximum Gasteiger partial charge on any atom is 0.415 e. The van der Waals surface area contributed by atoms with Crippen LogP contribution < -0.4 is 15.4 Å². The van der Waals surface area contributed by atoms with Crippen molar-refractivity contribution in [2.45, 2.75) is 13.8 Å². The molecule has 0 saturated heterocycles. The molecule has 1 amide bonds. The smallest absolute Gasteiger partial charge is 0.415 e. The average molecular weight is 424 g/mol. The molecule has 0 saturated carbocycles. The van der Waals surface area contributed by atoms with Crippen molar-refractivity contribution in [1.29, 1.82) is 0 Å². The number of anilines is 3. The zero-order chi connectivity index (χ0) is 22.7. The van der Waals surface area contributed by atoms with Gasteiger partial charge in [-0.15, -0.1) is 0 Å². The predicted molar refractivity (Wildman–Crippen MR) is 119 cm³/mol. The fourth-order valence-electron chi connectivity index (χ4n) is 2.96. The molecule has 8 heteroatoms. The Balaban J connectivity index is 1.93. The highest BCUT2D eigenvalue weighted by atomic mass is 19.1. The first kappa shape index (κ1) is 21.9. The van der Waals surface area contributed by atoms with Crippen LogP contribution in [0.1, 0.15) is 12.5 Å². The summed E-state index contributed by atoms with van der Waals surface area (Å²) in [5, 5.41) is 10.4. The van der Waals surface area contributed by atoms with Crippen LogP contribution in [0.4, 0.5) is 26.4 Å². The molecule has 0 fully saturated rings. The van der Waals surface area contributed by atoms with Crippen LogP contribution in [-0.4, -0.2) is 41.7 Å². The third-order valence-corrected chi connectivity index (χ3v) is 4.98. The molecule has 0 bridgehead atoms. The molecule has 0 aliphatic heterocycles. The number of benzene rings is 2. The first-order chi connectivity index (χ1) is 14.7. The Kier molecular flexibility index (Phi) is 6.29. The third kappa shape index (κ3) is 4.69. The van der Waals surface area contributed by atoms with Gasteiger partial charge in [-0.05, 0) is 61.9 Å². The summed E-state index contributed by atoms with van der Waals surface area (Å²) in [5.41, 5.74) is 8.64. The average Bonchev–Trinajstić information content (AvgIpc) is 2.74. The van der Waals surface area contributed by atoms with Crippen LogP contribution in [0, 0.1) is 12.7 Å². The second-order valence-electron chi connectivity index (χ2n) is 7.18. The quantitative estimate of drug-likeness (QED) is 0.617. The second-order valence-corrected chi connectivity index (χ2v) is 7.18. The lowest BCUT2D eigenvalue weighted by Crippen LogP contribution is -2.29. The summed E-state index contributed by atoms with van der Waals surface area (Å²) in [6.45, 7) is 4.13. The van der Waals surface area contributed by atoms with E-state index >= 15 is 0 Å². The Bertz CT molecular complexity index is 1120. The molecule has 1 aromatic heterocycles. The number of pyridine rings is 1. The minimum absolute atomic E-state index is 0.0103. The lowest BCUT2D eigenvalue weighted by atomic mass is 10.1. The van der Waals surface area contributed by atoms with Gasteiger partial charge in [-0.2, -0.15) is 0 Å². The molecule has 3 rings (SSSR count). The van der Waals surface area contributed by atoms with Crippen LogP contribution in [0.3, 0.4) is 0 Å². The number of aryl methyl sites for hydroxylation is 1. The Morgan fingerprint density at radius 1 is 1.16 bits per heavy atom. The molecule has 0 unspecified atom stereocenters. The number of rotatable bonds is 5. The normalized spacial score (nSPS) is 10.6. The number of carbonyl (C=O) groups excluding carboxylic acids is 1. The molecule has 0 aliphatic carbocycles. The Labute approximate surface area is 180 Å². The number of amides is 1. The van der Waals surface area contributed by atoms with Gasteiger partial charge in [0.25, 0.3) is 0 Å². The molecule has 0 radical (unpaired) electrons. The van der Waals surface area contributed by atoms with Gasteiger partial charge < -0.3 is 25.4 Å². The van der Waals surface area contributed by atoms with Crippen LogP contribution >= 0.6 is 0 Å². The molecule has 7 nitrogen and oxygen atoms in total. The monoisotopic (exact) mass is 424 g/mol. The van der Waals surface area contributed by atoms with Gasteiger partial charge in [-0.25, -0.2) is 14.2 Å². The number of halogens is 1. The van der Waals surface area contributed by atoms with E-state index in [0.29, 0.717) is 29.2 Å². The van der Waals surface area contributed by atoms with Crippen LogP contribution in [-0.2, 0) is 0 Å². The van der Waals surface area contributed by atoms with Gasteiger partial charge in [0.1, 0.15) is 11.6 Å². The van der Waals surface area contributed by atoms with E-state index in [1.807, 2.05) is 19.9 Å². The van der Waals surface area contributed by atoms with Gasteiger partial charge in [0.2, 0.25) is 0 Å². The number of phenolic OH excluding ortho intramolecular Hbond substituents is 1. The molecule has 3 aromatic rings. The maximum atomic E-state index is 14.4. The van der Waals surface area contributed by atoms with Crippen LogP contribution in [0.15, 0.2) is 48.5 Å². The van der Waals surface area contributed by atoms with E-state index in [-0.39, 0.29) is 23.1 Å². The zero-order valence-electron chi connectivity index (χ0n) is 17.9. The molecule has 0 spiro atoms. The van der Waals surface area contributed by atoms with E-state index in [1.54, 1.807) is 43.3 Å². The Hall–Kier alpha value is -3.81. The largest absolute Gasteiger partial charge is 0.507 e. The number of hydrogen-bond donors (Lipinski definition) is 2. The minimum Gasteiger partial charge on any atom is -0.507 e. The summed E-state index contributed by atoms with van der Waals surface area (Å²) in [6, 6.07) is 13.0. The standard InChI is InChI=1S/C23H25FN4O3/c1-5-27(3)23(30)31-21-11-8-18(26-22(21)25)16-13-15(7-10-20(16)29)28(4)19-9-6-14(2)12-17(19)24/h6-13,29H,5H2,1-4H3,(H2,25,26). The first-order valence-electron chi connectivity index (χ1n) is 9.74. The van der Waals surface area contributed by atoms with E-state index in [1.165, 1.54) is 23.1 Å². The van der Waals surface area contributed by atoms with Gasteiger partial charge in [0, 0.05) is 31.9 Å². The van der Waals surface area contributed by atoms with Crippen molar-refractivity contribution in [2.24, 2.45) is 0 Å². The van der Waals surface area contributed by atoms with E-state index in [9.17, 15) is 14.3 Å². The number of carbonyl (C=O) groups is 1. The highest BCUT2D eigenvalue weighted by molar-refractivity contribution is 5.77. The van der Waals surface area contributed by atoms with Gasteiger partial charge >= 0.3 is 6.09 Å². The number of phenols is 1. The van der Waals surface area contributed by atoms with E-state index in [2.05, 4.69) is 4.98 Å². The molecular formula is C23H25FN4O3. The summed E-state index contributed by atoms with van der Waals surface area (Å²) in [4.78, 5) is 19.3. The van der Waals surface area contributed by atoms with Crippen molar-refractivity contribution in [3.05, 3.63) is 59.9 Å². The lowest BCUT2D eigenvalue weighted by molar-refractivity contribution is 0.165. The number of nitrogens with two attached hydrogens (primary N) is 1. The van der Waals surface area contributed by atoms with Gasteiger partial charge in [0.05, 0.1) is 11.4 Å². The molecule has 3 N–H and O–H groups in total. The Morgan fingerprint density at radius 3 is 2.55 bits per heavy atom. The van der Waals surface area contributed by atoms with Gasteiger partial charge in [0.15, 0.2) is 11.6 Å². The number of nitrogen functional groups attached to an aromatic ring is 1. The van der Waals surface area contributed by atoms with Gasteiger partial charge in [-0.3, -0.25) is 0 Å². The number of ether oxygens (including phenoxy) is 1. The maximum absolute atomic E-state index is 14.4. The molecule has 1 heterocycles. The summed E-state index contributed by atoms with van der Waals surface area (Å²) >= 11 is 0. The van der Waals surface area contributed by atoms with Crippen LogP contribution in [0.2, 0.25) is 0 Å². The van der Waals surface area contributed by atoms with E-state index in [0.717, 1.165) is 5.56 Å². The summed E-state index contributed by atoms with van der Waals surface area (Å²) in [6.07, 6.45) is -0.546. The van der Waals surface area contributed by atoms with E-state index < -0.39 is 6.09 Å². The molecule has 162 valence electrons. The number of aromatic nitrogens is 1. The highest BCUT2D eigenvalue weighted by Crippen LogP contribution is 2.36. The topological polar surface area (TPSA) is 91.9 Å². The molecule has 0 aliphatic rings. The number of hydrogen-bond acceptors (Lipinski definition) is 6. The fraction of sp³-hybridized carbons (Fsp3) is 0.217. The van der Waals surface area contributed by atoms with E-state index in [4.69, 9.17) is 10.5 Å². The first-order valence-corrected chi connectivity index (χ1v) is 9.74. The molecule has 0 atom stereocenters. The Morgan fingerprint density at radius 2 is 1.90 bits per heavy atom. The number of nitrogens with zero attached hydrogens (tertiary/aromatic N) is 3.